The van der Waals surface area contributed by atoms with Crippen LogP contribution < -0.4 is 14.8 Å². The molecule has 1 unspecified atom stereocenters. The quantitative estimate of drug-likeness (QED) is 0.763. The van der Waals surface area contributed by atoms with E-state index in [4.69, 9.17) is 4.74 Å². The number of hydrogen-bond donors (Lipinski definition) is 2. The standard InChI is InChI=1S/C16H24F3N3O3S/c1-11-9-14(12(2)8-13(11)25-3)26(23,24)21-10-15(16(17,18)19)22-6-4-20-5-7-22/h8-9,15,20-21H,4-7,10H2,1-3H3. The molecular formula is C16H24F3N3O3S. The van der Waals surface area contributed by atoms with Crippen LogP contribution in [-0.4, -0.2) is 65.4 Å². The Bertz CT molecular complexity index is 732. The molecule has 26 heavy (non-hydrogen) atoms. The zero-order valence-electron chi connectivity index (χ0n) is 15.0. The minimum atomic E-state index is -4.52. The number of methoxy groups -OCH3 is 1. The van der Waals surface area contributed by atoms with E-state index in [1.807, 2.05) is 0 Å². The first-order chi connectivity index (χ1) is 12.1. The fraction of sp³-hybridized carbons (Fsp3) is 0.625. The first-order valence-electron chi connectivity index (χ1n) is 8.22. The third-order valence-electron chi connectivity index (χ3n) is 4.42. The number of rotatable bonds is 6. The molecule has 1 fully saturated rings. The Labute approximate surface area is 151 Å². The highest BCUT2D eigenvalue weighted by Gasteiger charge is 2.44. The van der Waals surface area contributed by atoms with Gasteiger partial charge in [-0.3, -0.25) is 4.90 Å². The Morgan fingerprint density at radius 3 is 2.38 bits per heavy atom. The van der Waals surface area contributed by atoms with Gasteiger partial charge < -0.3 is 10.1 Å². The van der Waals surface area contributed by atoms with Crippen molar-refractivity contribution in [3.05, 3.63) is 23.3 Å². The number of piperazine rings is 1. The van der Waals surface area contributed by atoms with Crippen molar-refractivity contribution in [2.24, 2.45) is 0 Å². The van der Waals surface area contributed by atoms with Crippen molar-refractivity contribution in [1.29, 1.82) is 0 Å². The van der Waals surface area contributed by atoms with Crippen molar-refractivity contribution in [3.63, 3.8) is 0 Å². The van der Waals surface area contributed by atoms with Gasteiger partial charge in [0.2, 0.25) is 10.0 Å². The van der Waals surface area contributed by atoms with E-state index in [0.29, 0.717) is 30.0 Å². The maximum Gasteiger partial charge on any atom is 0.405 e. The molecule has 1 aromatic carbocycles. The summed E-state index contributed by atoms with van der Waals surface area (Å²) in [5.41, 5.74) is 0.999. The summed E-state index contributed by atoms with van der Waals surface area (Å²) in [7, 11) is -2.61. The minimum Gasteiger partial charge on any atom is -0.496 e. The highest BCUT2D eigenvalue weighted by Crippen LogP contribution is 2.27. The van der Waals surface area contributed by atoms with E-state index in [0.717, 1.165) is 0 Å². The van der Waals surface area contributed by atoms with Crippen molar-refractivity contribution in [2.75, 3.05) is 39.8 Å². The molecule has 10 heteroatoms. The third-order valence-corrected chi connectivity index (χ3v) is 5.98. The number of nitrogens with zero attached hydrogens (tertiary/aromatic N) is 1. The Balaban J connectivity index is 2.21. The van der Waals surface area contributed by atoms with Crippen LogP contribution in [-0.2, 0) is 10.0 Å². The van der Waals surface area contributed by atoms with Gasteiger partial charge in [-0.1, -0.05) is 0 Å². The summed E-state index contributed by atoms with van der Waals surface area (Å²) in [6, 6.07) is 1.10. The Hall–Kier alpha value is -1.36. The van der Waals surface area contributed by atoms with Crippen molar-refractivity contribution >= 4 is 10.0 Å². The lowest BCUT2D eigenvalue weighted by Crippen LogP contribution is -2.57. The number of halogens is 3. The van der Waals surface area contributed by atoms with Crippen molar-refractivity contribution in [3.8, 4) is 5.75 Å². The van der Waals surface area contributed by atoms with Crippen LogP contribution in [0, 0.1) is 13.8 Å². The number of alkyl halides is 3. The summed E-state index contributed by atoms with van der Waals surface area (Å²) in [5, 5.41) is 2.98. The predicted molar refractivity (Wildman–Crippen MR) is 91.9 cm³/mol. The molecule has 148 valence electrons. The minimum absolute atomic E-state index is 0.0444. The summed E-state index contributed by atoms with van der Waals surface area (Å²) >= 11 is 0. The zero-order valence-corrected chi connectivity index (χ0v) is 15.8. The number of ether oxygens (including phenoxy) is 1. The van der Waals surface area contributed by atoms with Crippen molar-refractivity contribution < 1.29 is 26.3 Å². The summed E-state index contributed by atoms with van der Waals surface area (Å²) in [6.45, 7) is 3.84. The topological polar surface area (TPSA) is 70.7 Å². The molecule has 1 aromatic rings. The molecule has 0 aromatic heterocycles. The van der Waals surface area contributed by atoms with E-state index in [-0.39, 0.29) is 18.0 Å². The molecule has 2 rings (SSSR count). The lowest BCUT2D eigenvalue weighted by atomic mass is 10.1. The van der Waals surface area contributed by atoms with Crippen LogP contribution in [0.5, 0.6) is 5.75 Å². The van der Waals surface area contributed by atoms with Gasteiger partial charge in [0.05, 0.1) is 12.0 Å². The van der Waals surface area contributed by atoms with Crippen LogP contribution in [0.1, 0.15) is 11.1 Å². The number of aryl methyl sites for hydroxylation is 2. The predicted octanol–water partition coefficient (Wildman–Crippen LogP) is 1.43. The molecule has 0 bridgehead atoms. The molecule has 1 heterocycles. The van der Waals surface area contributed by atoms with Gasteiger partial charge in [0.1, 0.15) is 11.8 Å². The van der Waals surface area contributed by atoms with Crippen LogP contribution in [0.15, 0.2) is 17.0 Å². The Morgan fingerprint density at radius 2 is 1.85 bits per heavy atom. The van der Waals surface area contributed by atoms with Gasteiger partial charge in [-0.15, -0.1) is 0 Å². The van der Waals surface area contributed by atoms with Gasteiger partial charge >= 0.3 is 6.18 Å². The van der Waals surface area contributed by atoms with Crippen LogP contribution >= 0.6 is 0 Å². The molecule has 6 nitrogen and oxygen atoms in total. The molecule has 0 saturated carbocycles. The number of sulfonamides is 1. The van der Waals surface area contributed by atoms with E-state index in [1.165, 1.54) is 18.1 Å². The smallest absolute Gasteiger partial charge is 0.405 e. The van der Waals surface area contributed by atoms with Gasteiger partial charge in [0.25, 0.3) is 0 Å². The van der Waals surface area contributed by atoms with Gasteiger partial charge in [-0.05, 0) is 37.1 Å². The third kappa shape index (κ3) is 4.87. The molecular weight excluding hydrogens is 371 g/mol. The maximum absolute atomic E-state index is 13.4. The van der Waals surface area contributed by atoms with E-state index < -0.39 is 28.8 Å². The lowest BCUT2D eigenvalue weighted by Gasteiger charge is -2.35. The maximum atomic E-state index is 13.4. The fourth-order valence-electron chi connectivity index (χ4n) is 2.98. The van der Waals surface area contributed by atoms with Crippen LogP contribution in [0.2, 0.25) is 0 Å². The van der Waals surface area contributed by atoms with E-state index >= 15 is 0 Å². The summed E-state index contributed by atoms with van der Waals surface area (Å²) in [6.07, 6.45) is -4.52. The second-order valence-electron chi connectivity index (χ2n) is 6.28. The van der Waals surface area contributed by atoms with Crippen LogP contribution in [0.25, 0.3) is 0 Å². The average Bonchev–Trinajstić information content (AvgIpc) is 2.56. The summed E-state index contributed by atoms with van der Waals surface area (Å²) in [4.78, 5) is 1.21. The highest BCUT2D eigenvalue weighted by atomic mass is 32.2. The zero-order chi connectivity index (χ0) is 19.5. The van der Waals surface area contributed by atoms with Gasteiger partial charge in [0.15, 0.2) is 0 Å². The normalized spacial score (nSPS) is 17.9. The van der Waals surface area contributed by atoms with Crippen molar-refractivity contribution in [1.82, 2.24) is 14.9 Å². The molecule has 0 radical (unpaired) electrons. The van der Waals surface area contributed by atoms with E-state index in [9.17, 15) is 21.6 Å². The molecule has 2 N–H and O–H groups in total. The fourth-order valence-corrected chi connectivity index (χ4v) is 4.33. The Kier molecular flexibility index (Phi) is 6.54. The molecule has 1 saturated heterocycles. The SMILES string of the molecule is COc1cc(C)c(S(=O)(=O)NCC(N2CCNCC2)C(F)(F)F)cc1C. The molecule has 0 spiro atoms. The van der Waals surface area contributed by atoms with E-state index in [1.54, 1.807) is 19.9 Å². The number of nitrogens with one attached hydrogen (secondary N) is 2. The molecule has 0 amide bonds. The van der Waals surface area contributed by atoms with Crippen LogP contribution in [0.4, 0.5) is 13.2 Å². The second-order valence-corrected chi connectivity index (χ2v) is 8.02. The molecule has 1 aliphatic heterocycles. The molecule has 1 aliphatic rings. The first kappa shape index (κ1) is 20.9. The molecule has 1 atom stereocenters. The lowest BCUT2D eigenvalue weighted by molar-refractivity contribution is -0.182. The largest absolute Gasteiger partial charge is 0.496 e. The van der Waals surface area contributed by atoms with Crippen molar-refractivity contribution in [2.45, 2.75) is 31.0 Å². The number of benzene rings is 1. The highest BCUT2D eigenvalue weighted by molar-refractivity contribution is 7.89. The van der Waals surface area contributed by atoms with Gasteiger partial charge in [0, 0.05) is 32.7 Å². The van der Waals surface area contributed by atoms with Crippen LogP contribution in [0.3, 0.4) is 0 Å². The van der Waals surface area contributed by atoms with Gasteiger partial charge in [-0.2, -0.15) is 13.2 Å². The monoisotopic (exact) mass is 395 g/mol. The first-order valence-corrected chi connectivity index (χ1v) is 9.71. The second kappa shape index (κ2) is 8.12. The Morgan fingerprint density at radius 1 is 1.23 bits per heavy atom. The summed E-state index contributed by atoms with van der Waals surface area (Å²) < 4.78 is 72.6. The summed E-state index contributed by atoms with van der Waals surface area (Å²) in [5.74, 6) is 0.524. The molecule has 0 aliphatic carbocycles. The van der Waals surface area contributed by atoms with E-state index in [2.05, 4.69) is 10.0 Å². The van der Waals surface area contributed by atoms with Gasteiger partial charge in [-0.25, -0.2) is 13.1 Å². The number of hydrogen-bond acceptors (Lipinski definition) is 5. The average molecular weight is 395 g/mol.